The van der Waals surface area contributed by atoms with Crippen LogP contribution in [0.4, 0.5) is 0 Å². The molecule has 0 spiro atoms. The Labute approximate surface area is 124 Å². The summed E-state index contributed by atoms with van der Waals surface area (Å²) in [6, 6.07) is 15.1. The number of carbonyl (C=O) groups excluding carboxylic acids is 2. The van der Waals surface area contributed by atoms with Gasteiger partial charge in [-0.1, -0.05) is 42.1 Å². The topological polar surface area (TPSA) is 34.1 Å². The number of hydrogen-bond acceptors (Lipinski definition) is 4. The number of fused-ring (bicyclic) bond motifs is 2. The standard InChI is InChI=1S/C16H8O2S2/c17-14-10-6-2-4-8-12(10)19-15(14)13-9-5-1-3-7-11(9)20-16(13)18/h1-8H. The van der Waals surface area contributed by atoms with Crippen LogP contribution < -0.4 is 0 Å². The fraction of sp³-hybridized carbons (Fsp3) is 0. The van der Waals surface area contributed by atoms with E-state index in [1.807, 2.05) is 48.5 Å². The molecule has 96 valence electrons. The van der Waals surface area contributed by atoms with Crippen LogP contribution in [0.3, 0.4) is 0 Å². The Kier molecular flexibility index (Phi) is 2.62. The zero-order valence-electron chi connectivity index (χ0n) is 10.3. The summed E-state index contributed by atoms with van der Waals surface area (Å²) in [5.74, 6) is -0.0359. The number of Topliss-reactive ketones (excluding diaryl/α,β-unsaturated/α-hetero) is 1. The van der Waals surface area contributed by atoms with Crippen molar-refractivity contribution in [3.05, 3.63) is 64.6 Å². The Morgan fingerprint density at radius 2 is 1.30 bits per heavy atom. The molecule has 4 heteroatoms. The van der Waals surface area contributed by atoms with E-state index in [4.69, 9.17) is 0 Å². The van der Waals surface area contributed by atoms with E-state index in [-0.39, 0.29) is 10.9 Å². The number of rotatable bonds is 0. The quantitative estimate of drug-likeness (QED) is 0.688. The highest BCUT2D eigenvalue weighted by Crippen LogP contribution is 2.49. The first-order chi connectivity index (χ1) is 9.75. The first-order valence-corrected chi connectivity index (χ1v) is 7.76. The van der Waals surface area contributed by atoms with Crippen molar-refractivity contribution in [2.75, 3.05) is 0 Å². The van der Waals surface area contributed by atoms with E-state index in [2.05, 4.69) is 0 Å². The summed E-state index contributed by atoms with van der Waals surface area (Å²) < 4.78 is 0. The van der Waals surface area contributed by atoms with Crippen molar-refractivity contribution in [3.63, 3.8) is 0 Å². The van der Waals surface area contributed by atoms with E-state index in [1.165, 1.54) is 23.5 Å². The molecule has 0 saturated carbocycles. The SMILES string of the molecule is O=C1Sc2ccccc2C1=C1Sc2ccccc2C1=O. The zero-order chi connectivity index (χ0) is 13.7. The lowest BCUT2D eigenvalue weighted by molar-refractivity contribution is -0.106. The van der Waals surface area contributed by atoms with Crippen molar-refractivity contribution in [2.24, 2.45) is 0 Å². The first-order valence-electron chi connectivity index (χ1n) is 6.13. The average Bonchev–Trinajstić information content (AvgIpc) is 2.96. The molecule has 0 aromatic heterocycles. The van der Waals surface area contributed by atoms with Gasteiger partial charge in [0.05, 0.1) is 10.5 Å². The summed E-state index contributed by atoms with van der Waals surface area (Å²) in [5, 5.41) is -0.0325. The minimum atomic E-state index is -0.0359. The molecule has 2 aliphatic heterocycles. The van der Waals surface area contributed by atoms with Gasteiger partial charge < -0.3 is 0 Å². The first kappa shape index (κ1) is 12.0. The van der Waals surface area contributed by atoms with Crippen LogP contribution in [-0.4, -0.2) is 10.9 Å². The Bertz CT molecular complexity index is 806. The van der Waals surface area contributed by atoms with Gasteiger partial charge in [-0.05, 0) is 30.0 Å². The number of ketones is 1. The summed E-state index contributed by atoms with van der Waals surface area (Å²) >= 11 is 2.61. The lowest BCUT2D eigenvalue weighted by atomic mass is 10.0. The summed E-state index contributed by atoms with van der Waals surface area (Å²) in [6.07, 6.45) is 0. The third-order valence-corrected chi connectivity index (χ3v) is 5.48. The normalized spacial score (nSPS) is 20.2. The van der Waals surface area contributed by atoms with Crippen LogP contribution in [0.2, 0.25) is 0 Å². The molecule has 0 unspecified atom stereocenters. The summed E-state index contributed by atoms with van der Waals surface area (Å²) in [4.78, 5) is 27.2. The van der Waals surface area contributed by atoms with Gasteiger partial charge in [0.1, 0.15) is 0 Å². The molecule has 2 aliphatic rings. The molecule has 0 N–H and O–H groups in total. The smallest absolute Gasteiger partial charge is 0.226 e. The number of carbonyl (C=O) groups is 2. The van der Waals surface area contributed by atoms with Crippen LogP contribution in [0.5, 0.6) is 0 Å². The van der Waals surface area contributed by atoms with E-state index in [0.717, 1.165) is 15.4 Å². The highest BCUT2D eigenvalue weighted by atomic mass is 32.2. The average molecular weight is 296 g/mol. The molecule has 2 aromatic carbocycles. The molecule has 2 aromatic rings. The van der Waals surface area contributed by atoms with Crippen LogP contribution in [0.25, 0.3) is 5.57 Å². The second kappa shape index (κ2) is 4.36. The van der Waals surface area contributed by atoms with Crippen LogP contribution in [0, 0.1) is 0 Å². The van der Waals surface area contributed by atoms with Crippen molar-refractivity contribution in [3.8, 4) is 0 Å². The van der Waals surface area contributed by atoms with Gasteiger partial charge in [0, 0.05) is 20.9 Å². The van der Waals surface area contributed by atoms with Crippen molar-refractivity contribution in [1.82, 2.24) is 0 Å². The van der Waals surface area contributed by atoms with E-state index in [1.54, 1.807) is 0 Å². The molecule has 0 radical (unpaired) electrons. The molecular formula is C16H8O2S2. The molecule has 0 saturated heterocycles. The van der Waals surface area contributed by atoms with Crippen molar-refractivity contribution in [2.45, 2.75) is 9.79 Å². The van der Waals surface area contributed by atoms with Crippen LogP contribution in [-0.2, 0) is 4.79 Å². The third-order valence-electron chi connectivity index (χ3n) is 3.34. The lowest BCUT2D eigenvalue weighted by Crippen LogP contribution is -2.00. The highest BCUT2D eigenvalue weighted by molar-refractivity contribution is 8.15. The Morgan fingerprint density at radius 1 is 0.700 bits per heavy atom. The summed E-state index contributed by atoms with van der Waals surface area (Å²) in [6.45, 7) is 0. The minimum absolute atomic E-state index is 0.0325. The molecule has 20 heavy (non-hydrogen) atoms. The summed E-state index contributed by atoms with van der Waals surface area (Å²) in [5.41, 5.74) is 2.14. The molecule has 0 amide bonds. The maximum absolute atomic E-state index is 12.5. The molecule has 2 heterocycles. The highest BCUT2D eigenvalue weighted by Gasteiger charge is 2.35. The monoisotopic (exact) mass is 296 g/mol. The van der Waals surface area contributed by atoms with Crippen molar-refractivity contribution >= 4 is 40.0 Å². The predicted octanol–water partition coefficient (Wildman–Crippen LogP) is 4.02. The Balaban J connectivity index is 1.94. The van der Waals surface area contributed by atoms with Crippen molar-refractivity contribution < 1.29 is 9.59 Å². The van der Waals surface area contributed by atoms with Crippen LogP contribution in [0.15, 0.2) is 63.2 Å². The molecule has 0 aliphatic carbocycles. The third kappa shape index (κ3) is 1.62. The number of allylic oxidation sites excluding steroid dienone is 1. The van der Waals surface area contributed by atoms with E-state index >= 15 is 0 Å². The lowest BCUT2D eigenvalue weighted by Gasteiger charge is -2.01. The largest absolute Gasteiger partial charge is 0.288 e. The van der Waals surface area contributed by atoms with Crippen molar-refractivity contribution in [1.29, 1.82) is 0 Å². The number of benzene rings is 2. The maximum atomic E-state index is 12.5. The maximum Gasteiger partial charge on any atom is 0.226 e. The van der Waals surface area contributed by atoms with Gasteiger partial charge in [-0.3, -0.25) is 9.59 Å². The van der Waals surface area contributed by atoms with Gasteiger partial charge in [-0.2, -0.15) is 0 Å². The van der Waals surface area contributed by atoms with Crippen LogP contribution >= 0.6 is 23.5 Å². The van der Waals surface area contributed by atoms with E-state index in [0.29, 0.717) is 16.0 Å². The second-order valence-corrected chi connectivity index (χ2v) is 6.58. The number of thioether (sulfide) groups is 2. The second-order valence-electron chi connectivity index (χ2n) is 4.52. The molecule has 0 fully saturated rings. The van der Waals surface area contributed by atoms with Gasteiger partial charge in [0.2, 0.25) is 10.9 Å². The fourth-order valence-corrected chi connectivity index (χ4v) is 4.57. The van der Waals surface area contributed by atoms with Gasteiger partial charge in [0.15, 0.2) is 0 Å². The Hall–Kier alpha value is -1.78. The van der Waals surface area contributed by atoms with Gasteiger partial charge in [-0.15, -0.1) is 0 Å². The molecule has 2 nitrogen and oxygen atoms in total. The molecule has 0 atom stereocenters. The van der Waals surface area contributed by atoms with Gasteiger partial charge >= 0.3 is 0 Å². The van der Waals surface area contributed by atoms with Gasteiger partial charge in [0.25, 0.3) is 0 Å². The van der Waals surface area contributed by atoms with Crippen LogP contribution in [0.1, 0.15) is 15.9 Å². The summed E-state index contributed by atoms with van der Waals surface area (Å²) in [7, 11) is 0. The van der Waals surface area contributed by atoms with E-state index < -0.39 is 0 Å². The van der Waals surface area contributed by atoms with Gasteiger partial charge in [-0.25, -0.2) is 0 Å². The van der Waals surface area contributed by atoms with E-state index in [9.17, 15) is 9.59 Å². The fourth-order valence-electron chi connectivity index (χ4n) is 2.42. The predicted molar refractivity (Wildman–Crippen MR) is 80.9 cm³/mol. The number of hydrogen-bond donors (Lipinski definition) is 0. The Morgan fingerprint density at radius 3 is 2.00 bits per heavy atom. The minimum Gasteiger partial charge on any atom is -0.288 e. The molecule has 0 bridgehead atoms. The molecule has 4 rings (SSSR count). The molecular weight excluding hydrogens is 288 g/mol. The zero-order valence-corrected chi connectivity index (χ0v) is 11.9.